The van der Waals surface area contributed by atoms with Crippen molar-refractivity contribution < 1.29 is 9.47 Å². The zero-order chi connectivity index (χ0) is 19.3. The van der Waals surface area contributed by atoms with E-state index >= 15 is 0 Å². The second-order valence-electron chi connectivity index (χ2n) is 6.15. The number of pyridine rings is 1. The van der Waals surface area contributed by atoms with Crippen LogP contribution < -0.4 is 14.8 Å². The van der Waals surface area contributed by atoms with Crippen molar-refractivity contribution >= 4 is 11.6 Å². The molecule has 4 rings (SSSR count). The van der Waals surface area contributed by atoms with Crippen molar-refractivity contribution in [1.82, 2.24) is 15.2 Å². The highest BCUT2D eigenvalue weighted by Crippen LogP contribution is 2.34. The van der Waals surface area contributed by atoms with Crippen LogP contribution in [0.5, 0.6) is 11.5 Å². The molecule has 0 aliphatic carbocycles. The summed E-state index contributed by atoms with van der Waals surface area (Å²) in [4.78, 5) is 4.24. The number of hydrogen-bond acceptors (Lipinski definition) is 5. The molecule has 0 aliphatic rings. The molecule has 4 aromatic rings. The summed E-state index contributed by atoms with van der Waals surface area (Å²) >= 11 is 0. The monoisotopic (exact) mass is 372 g/mol. The molecule has 0 spiro atoms. The molecular weight excluding hydrogens is 352 g/mol. The van der Waals surface area contributed by atoms with Crippen LogP contribution in [0, 0.1) is 0 Å². The number of hydrogen-bond donors (Lipinski definition) is 2. The summed E-state index contributed by atoms with van der Waals surface area (Å²) < 4.78 is 10.8. The number of aromatic nitrogens is 3. The summed E-state index contributed by atoms with van der Waals surface area (Å²) in [5, 5.41) is 10.5. The highest BCUT2D eigenvalue weighted by atomic mass is 16.5. The van der Waals surface area contributed by atoms with Crippen LogP contribution in [0.25, 0.3) is 22.4 Å². The number of aromatic amines is 1. The van der Waals surface area contributed by atoms with Gasteiger partial charge in [0, 0.05) is 23.9 Å². The summed E-state index contributed by atoms with van der Waals surface area (Å²) in [5.41, 5.74) is 4.04. The van der Waals surface area contributed by atoms with Gasteiger partial charge in [-0.05, 0) is 35.4 Å². The Hall–Kier alpha value is -3.80. The fourth-order valence-corrected chi connectivity index (χ4v) is 2.97. The van der Waals surface area contributed by atoms with E-state index in [4.69, 9.17) is 9.47 Å². The molecule has 0 aliphatic heterocycles. The maximum absolute atomic E-state index is 5.51. The fourth-order valence-electron chi connectivity index (χ4n) is 2.97. The molecular formula is C22H20N4O2. The van der Waals surface area contributed by atoms with Crippen molar-refractivity contribution in [2.24, 2.45) is 0 Å². The lowest BCUT2D eigenvalue weighted by Crippen LogP contribution is -1.92. The number of anilines is 2. The van der Waals surface area contributed by atoms with Crippen LogP contribution in [-0.2, 0) is 0 Å². The highest BCUT2D eigenvalue weighted by Gasteiger charge is 2.09. The Balaban J connectivity index is 1.56. The number of benzene rings is 2. The lowest BCUT2D eigenvalue weighted by molar-refractivity contribution is 0.395. The molecule has 140 valence electrons. The van der Waals surface area contributed by atoms with Gasteiger partial charge >= 0.3 is 0 Å². The first-order valence-electron chi connectivity index (χ1n) is 8.83. The van der Waals surface area contributed by atoms with Gasteiger partial charge in [-0.25, -0.2) is 4.98 Å². The Bertz CT molecular complexity index is 1060. The van der Waals surface area contributed by atoms with Crippen molar-refractivity contribution in [3.05, 3.63) is 72.9 Å². The molecule has 0 radical (unpaired) electrons. The molecule has 6 heteroatoms. The van der Waals surface area contributed by atoms with Crippen LogP contribution in [-0.4, -0.2) is 29.4 Å². The van der Waals surface area contributed by atoms with Crippen LogP contribution in [0.4, 0.5) is 11.6 Å². The van der Waals surface area contributed by atoms with E-state index in [0.29, 0.717) is 0 Å². The maximum Gasteiger partial charge on any atom is 0.153 e. The molecule has 0 atom stereocenters. The van der Waals surface area contributed by atoms with E-state index in [1.807, 2.05) is 42.5 Å². The molecule has 6 nitrogen and oxygen atoms in total. The first kappa shape index (κ1) is 17.6. The van der Waals surface area contributed by atoms with Crippen LogP contribution in [0.15, 0.2) is 72.9 Å². The second kappa shape index (κ2) is 7.84. The van der Waals surface area contributed by atoms with Crippen LogP contribution in [0.2, 0.25) is 0 Å². The van der Waals surface area contributed by atoms with Gasteiger partial charge in [-0.3, -0.25) is 5.10 Å². The van der Waals surface area contributed by atoms with E-state index in [0.717, 1.165) is 45.5 Å². The number of nitrogens with zero attached hydrogens (tertiary/aromatic N) is 2. The first-order chi connectivity index (χ1) is 13.8. The first-order valence-corrected chi connectivity index (χ1v) is 8.83. The minimum Gasteiger partial charge on any atom is -0.497 e. The number of ether oxygens (including phenoxy) is 2. The molecule has 0 saturated carbocycles. The molecule has 28 heavy (non-hydrogen) atoms. The molecule has 2 heterocycles. The number of rotatable bonds is 6. The zero-order valence-corrected chi connectivity index (χ0v) is 15.6. The summed E-state index contributed by atoms with van der Waals surface area (Å²) in [5.74, 6) is 3.01. The number of nitrogens with one attached hydrogen (secondary N) is 2. The summed E-state index contributed by atoms with van der Waals surface area (Å²) in [7, 11) is 3.30. The normalized spacial score (nSPS) is 10.5. The predicted octanol–water partition coefficient (Wildman–Crippen LogP) is 4.90. The smallest absolute Gasteiger partial charge is 0.153 e. The van der Waals surface area contributed by atoms with Gasteiger partial charge in [-0.15, -0.1) is 0 Å². The quantitative estimate of drug-likeness (QED) is 0.504. The molecule has 0 bridgehead atoms. The van der Waals surface area contributed by atoms with E-state index in [-0.39, 0.29) is 0 Å². The predicted molar refractivity (Wildman–Crippen MR) is 110 cm³/mol. The molecule has 0 unspecified atom stereocenters. The van der Waals surface area contributed by atoms with Crippen LogP contribution >= 0.6 is 0 Å². The van der Waals surface area contributed by atoms with Gasteiger partial charge in [-0.2, -0.15) is 5.10 Å². The van der Waals surface area contributed by atoms with Crippen molar-refractivity contribution in [2.45, 2.75) is 0 Å². The minimum absolute atomic E-state index is 0.717. The van der Waals surface area contributed by atoms with Gasteiger partial charge in [0.2, 0.25) is 0 Å². The standard InChI is InChI=1S/C22H20N4O2/c1-27-17-10-11-18(20(13-17)28-2)15-6-8-16(9-7-15)19-14-22(26-25-19)24-21-5-3-4-12-23-21/h3-14H,1-2H3,(H2,23,24,25,26). The van der Waals surface area contributed by atoms with Gasteiger partial charge in [0.25, 0.3) is 0 Å². The Morgan fingerprint density at radius 1 is 0.821 bits per heavy atom. The van der Waals surface area contributed by atoms with Crippen molar-refractivity contribution in [2.75, 3.05) is 19.5 Å². The van der Waals surface area contributed by atoms with Crippen molar-refractivity contribution in [1.29, 1.82) is 0 Å². The number of methoxy groups -OCH3 is 2. The largest absolute Gasteiger partial charge is 0.497 e. The van der Waals surface area contributed by atoms with Gasteiger partial charge in [0.15, 0.2) is 5.82 Å². The van der Waals surface area contributed by atoms with E-state index in [1.165, 1.54) is 0 Å². The van der Waals surface area contributed by atoms with Crippen LogP contribution in [0.3, 0.4) is 0 Å². The molecule has 2 aromatic carbocycles. The molecule has 0 saturated heterocycles. The summed E-state index contributed by atoms with van der Waals surface area (Å²) in [6.07, 6.45) is 1.74. The summed E-state index contributed by atoms with van der Waals surface area (Å²) in [6, 6.07) is 21.7. The van der Waals surface area contributed by atoms with Crippen molar-refractivity contribution in [3.8, 4) is 33.9 Å². The average molecular weight is 372 g/mol. The third kappa shape index (κ3) is 3.66. The van der Waals surface area contributed by atoms with Gasteiger partial charge in [0.1, 0.15) is 17.3 Å². The third-order valence-corrected chi connectivity index (χ3v) is 4.41. The second-order valence-corrected chi connectivity index (χ2v) is 6.15. The maximum atomic E-state index is 5.51. The minimum atomic E-state index is 0.717. The highest BCUT2D eigenvalue weighted by molar-refractivity contribution is 5.74. The van der Waals surface area contributed by atoms with Gasteiger partial charge in [0.05, 0.1) is 19.9 Å². The zero-order valence-electron chi connectivity index (χ0n) is 15.6. The molecule has 2 aromatic heterocycles. The van der Waals surface area contributed by atoms with Crippen LogP contribution in [0.1, 0.15) is 0 Å². The molecule has 0 fully saturated rings. The van der Waals surface area contributed by atoms with E-state index in [1.54, 1.807) is 20.4 Å². The summed E-state index contributed by atoms with van der Waals surface area (Å²) in [6.45, 7) is 0. The lowest BCUT2D eigenvalue weighted by atomic mass is 10.0. The number of H-pyrrole nitrogens is 1. The molecule has 0 amide bonds. The Morgan fingerprint density at radius 2 is 1.64 bits per heavy atom. The van der Waals surface area contributed by atoms with Crippen molar-refractivity contribution in [3.63, 3.8) is 0 Å². The Morgan fingerprint density at radius 3 is 2.36 bits per heavy atom. The Labute approximate surface area is 163 Å². The SMILES string of the molecule is COc1ccc(-c2ccc(-c3cc(Nc4ccccn4)n[nH]3)cc2)c(OC)c1. The van der Waals surface area contributed by atoms with Gasteiger partial charge in [-0.1, -0.05) is 30.3 Å². The lowest BCUT2D eigenvalue weighted by Gasteiger charge is -2.11. The third-order valence-electron chi connectivity index (χ3n) is 4.41. The van der Waals surface area contributed by atoms with E-state index < -0.39 is 0 Å². The topological polar surface area (TPSA) is 72.1 Å². The van der Waals surface area contributed by atoms with E-state index in [2.05, 4.69) is 44.8 Å². The van der Waals surface area contributed by atoms with E-state index in [9.17, 15) is 0 Å². The fraction of sp³-hybridized carbons (Fsp3) is 0.0909. The average Bonchev–Trinajstić information content (AvgIpc) is 3.22. The van der Waals surface area contributed by atoms with Gasteiger partial charge < -0.3 is 14.8 Å². The molecule has 2 N–H and O–H groups in total. The Kier molecular flexibility index (Phi) is 4.93.